The number of nitriles is 1. The van der Waals surface area contributed by atoms with E-state index in [0.29, 0.717) is 12.1 Å². The van der Waals surface area contributed by atoms with Crippen molar-refractivity contribution >= 4 is 11.9 Å². The van der Waals surface area contributed by atoms with Crippen LogP contribution in [-0.4, -0.2) is 35.8 Å². The Kier molecular flexibility index (Phi) is 4.86. The van der Waals surface area contributed by atoms with Gasteiger partial charge in [-0.15, -0.1) is 0 Å². The number of ether oxygens (including phenoxy) is 1. The number of piperidine rings is 1. The number of pyridine rings is 1. The summed E-state index contributed by atoms with van der Waals surface area (Å²) in [6.07, 6.45) is 3.11. The quantitative estimate of drug-likeness (QED) is 0.908. The number of alkyl carbamates (subject to hydrolysis) is 1. The Hall–Kier alpha value is -2.29. The molecule has 0 aliphatic carbocycles. The summed E-state index contributed by atoms with van der Waals surface area (Å²) in [5, 5.41) is 11.9. The number of carbonyl (C=O) groups excluding carboxylic acids is 1. The van der Waals surface area contributed by atoms with Gasteiger partial charge in [-0.1, -0.05) is 0 Å². The molecule has 1 amide bonds. The van der Waals surface area contributed by atoms with Crippen molar-refractivity contribution in [3.63, 3.8) is 0 Å². The van der Waals surface area contributed by atoms with Crippen molar-refractivity contribution in [3.05, 3.63) is 23.9 Å². The number of carbonyl (C=O) groups is 1. The zero-order valence-corrected chi connectivity index (χ0v) is 13.3. The predicted molar refractivity (Wildman–Crippen MR) is 83.6 cm³/mol. The Labute approximate surface area is 131 Å². The Balaban J connectivity index is 1.97. The van der Waals surface area contributed by atoms with Crippen molar-refractivity contribution < 1.29 is 9.53 Å². The number of amides is 1. The maximum atomic E-state index is 11.9. The minimum Gasteiger partial charge on any atom is -0.444 e. The van der Waals surface area contributed by atoms with Crippen molar-refractivity contribution in [3.8, 4) is 6.07 Å². The molecule has 2 heterocycles. The van der Waals surface area contributed by atoms with E-state index >= 15 is 0 Å². The van der Waals surface area contributed by atoms with Crippen molar-refractivity contribution in [2.75, 3.05) is 18.0 Å². The molecule has 0 saturated carbocycles. The van der Waals surface area contributed by atoms with E-state index < -0.39 is 11.7 Å². The van der Waals surface area contributed by atoms with Crippen LogP contribution in [0.3, 0.4) is 0 Å². The largest absolute Gasteiger partial charge is 0.444 e. The number of nitrogens with one attached hydrogen (secondary N) is 1. The molecule has 1 aliphatic heterocycles. The lowest BCUT2D eigenvalue weighted by atomic mass is 10.1. The first-order valence-electron chi connectivity index (χ1n) is 7.48. The van der Waals surface area contributed by atoms with Crippen LogP contribution in [0.2, 0.25) is 0 Å². The summed E-state index contributed by atoms with van der Waals surface area (Å²) in [7, 11) is 0. The average molecular weight is 302 g/mol. The molecule has 0 spiro atoms. The summed E-state index contributed by atoms with van der Waals surface area (Å²) in [6.45, 7) is 7.07. The summed E-state index contributed by atoms with van der Waals surface area (Å²) >= 11 is 0. The molecule has 1 aromatic rings. The average Bonchev–Trinajstić information content (AvgIpc) is 2.45. The van der Waals surface area contributed by atoms with Crippen LogP contribution in [0.25, 0.3) is 0 Å². The van der Waals surface area contributed by atoms with Crippen LogP contribution < -0.4 is 10.2 Å². The lowest BCUT2D eigenvalue weighted by Gasteiger charge is -2.34. The third-order valence-corrected chi connectivity index (χ3v) is 3.34. The molecule has 1 atom stereocenters. The third kappa shape index (κ3) is 4.62. The second-order valence-corrected chi connectivity index (χ2v) is 6.45. The molecule has 118 valence electrons. The Morgan fingerprint density at radius 2 is 2.32 bits per heavy atom. The fourth-order valence-electron chi connectivity index (χ4n) is 2.44. The van der Waals surface area contributed by atoms with Crippen LogP contribution in [0.15, 0.2) is 18.3 Å². The van der Waals surface area contributed by atoms with Crippen molar-refractivity contribution in [1.82, 2.24) is 10.3 Å². The van der Waals surface area contributed by atoms with Gasteiger partial charge < -0.3 is 15.0 Å². The molecule has 0 radical (unpaired) electrons. The minimum atomic E-state index is -0.499. The molecule has 0 unspecified atom stereocenters. The standard InChI is InChI=1S/C16H22N4O2/c1-16(2,3)22-15(21)19-13-5-4-8-20(11-13)14-9-12(10-17)6-7-18-14/h6-7,9,13H,4-5,8,11H2,1-3H3,(H,19,21)/t13-/m0/s1. The molecule has 1 aliphatic rings. The molecule has 0 bridgehead atoms. The third-order valence-electron chi connectivity index (χ3n) is 3.34. The first kappa shape index (κ1) is 16.1. The molecule has 1 aromatic heterocycles. The van der Waals surface area contributed by atoms with Gasteiger partial charge in [0.1, 0.15) is 11.4 Å². The molecular formula is C16H22N4O2. The maximum absolute atomic E-state index is 11.9. The highest BCUT2D eigenvalue weighted by Crippen LogP contribution is 2.19. The number of hydrogen-bond donors (Lipinski definition) is 1. The van der Waals surface area contributed by atoms with Crippen LogP contribution in [-0.2, 0) is 4.74 Å². The van der Waals surface area contributed by atoms with Gasteiger partial charge in [0.15, 0.2) is 0 Å². The summed E-state index contributed by atoms with van der Waals surface area (Å²) in [6, 6.07) is 5.60. The Morgan fingerprint density at radius 3 is 3.00 bits per heavy atom. The molecule has 1 saturated heterocycles. The normalized spacial score (nSPS) is 18.5. The summed E-state index contributed by atoms with van der Waals surface area (Å²) < 4.78 is 5.29. The number of anilines is 1. The van der Waals surface area contributed by atoms with E-state index in [0.717, 1.165) is 25.2 Å². The smallest absolute Gasteiger partial charge is 0.407 e. The summed E-state index contributed by atoms with van der Waals surface area (Å²) in [5.41, 5.74) is 0.0911. The van der Waals surface area contributed by atoms with Gasteiger partial charge in [0.05, 0.1) is 11.6 Å². The predicted octanol–water partition coefficient (Wildman–Crippen LogP) is 2.45. The Bertz CT molecular complexity index is 574. The number of nitrogens with zero attached hydrogens (tertiary/aromatic N) is 3. The van der Waals surface area contributed by atoms with Gasteiger partial charge in [0.25, 0.3) is 0 Å². The van der Waals surface area contributed by atoms with Crippen LogP contribution in [0.1, 0.15) is 39.2 Å². The van der Waals surface area contributed by atoms with E-state index in [-0.39, 0.29) is 6.04 Å². The van der Waals surface area contributed by atoms with Crippen molar-refractivity contribution in [2.24, 2.45) is 0 Å². The molecule has 1 fully saturated rings. The fourth-order valence-corrected chi connectivity index (χ4v) is 2.44. The fraction of sp³-hybridized carbons (Fsp3) is 0.562. The second-order valence-electron chi connectivity index (χ2n) is 6.45. The van der Waals surface area contributed by atoms with Crippen LogP contribution in [0.4, 0.5) is 10.6 Å². The lowest BCUT2D eigenvalue weighted by molar-refractivity contribution is 0.0500. The molecular weight excluding hydrogens is 280 g/mol. The van der Waals surface area contributed by atoms with Crippen molar-refractivity contribution in [1.29, 1.82) is 5.26 Å². The van der Waals surface area contributed by atoms with Crippen molar-refractivity contribution in [2.45, 2.75) is 45.3 Å². The summed E-state index contributed by atoms with van der Waals surface area (Å²) in [5.74, 6) is 0.773. The topological polar surface area (TPSA) is 78.2 Å². The van der Waals surface area contributed by atoms with E-state index in [1.807, 2.05) is 20.8 Å². The Morgan fingerprint density at radius 1 is 1.55 bits per heavy atom. The van der Waals surface area contributed by atoms with Gasteiger partial charge in [-0.3, -0.25) is 0 Å². The van der Waals surface area contributed by atoms with Gasteiger partial charge in [-0.25, -0.2) is 9.78 Å². The van der Waals surface area contributed by atoms with E-state index in [4.69, 9.17) is 10.00 Å². The zero-order chi connectivity index (χ0) is 16.2. The molecule has 1 N–H and O–H groups in total. The van der Waals surface area contributed by atoms with Crippen LogP contribution in [0.5, 0.6) is 0 Å². The monoisotopic (exact) mass is 302 g/mol. The number of aromatic nitrogens is 1. The van der Waals surface area contributed by atoms with Gasteiger partial charge >= 0.3 is 6.09 Å². The zero-order valence-electron chi connectivity index (χ0n) is 13.3. The van der Waals surface area contributed by atoms with Gasteiger partial charge in [-0.2, -0.15) is 5.26 Å². The maximum Gasteiger partial charge on any atom is 0.407 e. The minimum absolute atomic E-state index is 0.0242. The highest BCUT2D eigenvalue weighted by Gasteiger charge is 2.24. The van der Waals surface area contributed by atoms with Gasteiger partial charge in [-0.05, 0) is 45.7 Å². The van der Waals surface area contributed by atoms with E-state index in [2.05, 4.69) is 21.3 Å². The molecule has 0 aromatic carbocycles. The first-order valence-corrected chi connectivity index (χ1v) is 7.48. The second kappa shape index (κ2) is 6.65. The SMILES string of the molecule is CC(C)(C)OC(=O)N[C@H]1CCCN(c2cc(C#N)ccn2)C1. The molecule has 6 heteroatoms. The molecule has 22 heavy (non-hydrogen) atoms. The highest BCUT2D eigenvalue weighted by molar-refractivity contribution is 5.68. The van der Waals surface area contributed by atoms with Gasteiger partial charge in [0.2, 0.25) is 0 Å². The van der Waals surface area contributed by atoms with Gasteiger partial charge in [0, 0.05) is 25.3 Å². The molecule has 6 nitrogen and oxygen atoms in total. The van der Waals surface area contributed by atoms with E-state index in [1.54, 1.807) is 18.3 Å². The van der Waals surface area contributed by atoms with Crippen LogP contribution >= 0.6 is 0 Å². The summed E-state index contributed by atoms with van der Waals surface area (Å²) in [4.78, 5) is 18.3. The first-order chi connectivity index (χ1) is 10.4. The molecule has 2 rings (SSSR count). The highest BCUT2D eigenvalue weighted by atomic mass is 16.6. The number of hydrogen-bond acceptors (Lipinski definition) is 5. The number of rotatable bonds is 2. The van der Waals surface area contributed by atoms with Crippen LogP contribution in [0, 0.1) is 11.3 Å². The van der Waals surface area contributed by atoms with E-state index in [1.165, 1.54) is 0 Å². The lowest BCUT2D eigenvalue weighted by Crippen LogP contribution is -2.49. The van der Waals surface area contributed by atoms with E-state index in [9.17, 15) is 4.79 Å².